The van der Waals surface area contributed by atoms with Gasteiger partial charge >= 0.3 is 0 Å². The van der Waals surface area contributed by atoms with E-state index in [0.29, 0.717) is 30.0 Å². The van der Waals surface area contributed by atoms with Crippen LogP contribution in [0, 0.1) is 6.92 Å². The Morgan fingerprint density at radius 2 is 2.08 bits per heavy atom. The molecule has 3 aromatic rings. The SMILES string of the molecule is Cc1nc(-c2ccc(CNC(=O)c3cnc(C4CC4)[nH]c3=O)cc2)no1. The highest BCUT2D eigenvalue weighted by Crippen LogP contribution is 2.37. The average molecular weight is 351 g/mol. The first-order chi connectivity index (χ1) is 12.6. The number of hydrogen-bond donors (Lipinski definition) is 2. The third-order valence-electron chi connectivity index (χ3n) is 4.22. The molecule has 0 unspecified atom stereocenters. The molecule has 132 valence electrons. The number of aromatic nitrogens is 4. The van der Waals surface area contributed by atoms with Crippen molar-refractivity contribution in [3.8, 4) is 11.4 Å². The van der Waals surface area contributed by atoms with Gasteiger partial charge < -0.3 is 14.8 Å². The summed E-state index contributed by atoms with van der Waals surface area (Å²) >= 11 is 0. The molecule has 1 aromatic carbocycles. The molecule has 8 heteroatoms. The van der Waals surface area contributed by atoms with Crippen LogP contribution in [0.4, 0.5) is 0 Å². The number of aryl methyl sites for hydroxylation is 1. The maximum atomic E-state index is 12.2. The Bertz CT molecular complexity index is 1000. The van der Waals surface area contributed by atoms with Gasteiger partial charge in [0.15, 0.2) is 0 Å². The van der Waals surface area contributed by atoms with Crippen molar-refractivity contribution in [1.82, 2.24) is 25.4 Å². The van der Waals surface area contributed by atoms with Crippen LogP contribution in [0.5, 0.6) is 0 Å². The second-order valence-corrected chi connectivity index (χ2v) is 6.30. The third-order valence-corrected chi connectivity index (χ3v) is 4.22. The van der Waals surface area contributed by atoms with E-state index in [4.69, 9.17) is 4.52 Å². The summed E-state index contributed by atoms with van der Waals surface area (Å²) in [6.07, 6.45) is 3.42. The molecule has 2 heterocycles. The van der Waals surface area contributed by atoms with E-state index in [1.807, 2.05) is 24.3 Å². The average Bonchev–Trinajstić information content (AvgIpc) is 3.41. The summed E-state index contributed by atoms with van der Waals surface area (Å²) in [6.45, 7) is 2.03. The normalized spacial score (nSPS) is 13.6. The number of nitrogens with one attached hydrogen (secondary N) is 2. The summed E-state index contributed by atoms with van der Waals surface area (Å²) in [6, 6.07) is 7.43. The number of carbonyl (C=O) groups excluding carboxylic acids is 1. The zero-order chi connectivity index (χ0) is 18.1. The number of benzene rings is 1. The Morgan fingerprint density at radius 3 is 2.69 bits per heavy atom. The van der Waals surface area contributed by atoms with Crippen LogP contribution in [0.15, 0.2) is 39.8 Å². The topological polar surface area (TPSA) is 114 Å². The first kappa shape index (κ1) is 16.2. The lowest BCUT2D eigenvalue weighted by Crippen LogP contribution is -2.30. The van der Waals surface area contributed by atoms with Gasteiger partial charge in [-0.2, -0.15) is 4.98 Å². The monoisotopic (exact) mass is 351 g/mol. The molecule has 0 saturated heterocycles. The lowest BCUT2D eigenvalue weighted by atomic mass is 10.1. The number of nitrogens with zero attached hydrogens (tertiary/aromatic N) is 3. The van der Waals surface area contributed by atoms with Crippen molar-refractivity contribution >= 4 is 5.91 Å². The molecule has 0 aliphatic heterocycles. The number of H-pyrrole nitrogens is 1. The van der Waals surface area contributed by atoms with E-state index in [2.05, 4.69) is 25.4 Å². The molecule has 26 heavy (non-hydrogen) atoms. The number of amides is 1. The molecule has 0 bridgehead atoms. The molecule has 0 spiro atoms. The number of aromatic amines is 1. The number of rotatable bonds is 5. The van der Waals surface area contributed by atoms with Crippen LogP contribution < -0.4 is 10.9 Å². The van der Waals surface area contributed by atoms with Gasteiger partial charge in [-0.1, -0.05) is 29.4 Å². The van der Waals surface area contributed by atoms with E-state index in [9.17, 15) is 9.59 Å². The molecule has 1 fully saturated rings. The Labute approximate surface area is 148 Å². The van der Waals surface area contributed by atoms with Gasteiger partial charge in [0.25, 0.3) is 11.5 Å². The fourth-order valence-corrected chi connectivity index (χ4v) is 2.60. The van der Waals surface area contributed by atoms with Crippen molar-refractivity contribution in [3.05, 3.63) is 63.7 Å². The molecule has 1 saturated carbocycles. The molecular weight excluding hydrogens is 334 g/mol. The van der Waals surface area contributed by atoms with Crippen LogP contribution in [-0.4, -0.2) is 26.0 Å². The minimum atomic E-state index is -0.445. The highest BCUT2D eigenvalue weighted by Gasteiger charge is 2.26. The zero-order valence-electron chi connectivity index (χ0n) is 14.2. The third kappa shape index (κ3) is 3.39. The van der Waals surface area contributed by atoms with Crippen molar-refractivity contribution in [2.75, 3.05) is 0 Å². The van der Waals surface area contributed by atoms with Crippen molar-refractivity contribution < 1.29 is 9.32 Å². The maximum absolute atomic E-state index is 12.2. The first-order valence-electron chi connectivity index (χ1n) is 8.37. The Kier molecular flexibility index (Phi) is 4.08. The highest BCUT2D eigenvalue weighted by molar-refractivity contribution is 5.93. The minimum Gasteiger partial charge on any atom is -0.348 e. The molecule has 1 aliphatic carbocycles. The van der Waals surface area contributed by atoms with Gasteiger partial charge in [-0.05, 0) is 18.4 Å². The molecule has 4 rings (SSSR count). The smallest absolute Gasteiger partial charge is 0.263 e. The lowest BCUT2D eigenvalue weighted by molar-refractivity contribution is 0.0949. The van der Waals surface area contributed by atoms with E-state index >= 15 is 0 Å². The summed E-state index contributed by atoms with van der Waals surface area (Å²) < 4.78 is 4.96. The van der Waals surface area contributed by atoms with Crippen LogP contribution >= 0.6 is 0 Å². The van der Waals surface area contributed by atoms with E-state index < -0.39 is 11.5 Å². The lowest BCUT2D eigenvalue weighted by Gasteiger charge is -2.06. The first-order valence-corrected chi connectivity index (χ1v) is 8.37. The Balaban J connectivity index is 1.40. The van der Waals surface area contributed by atoms with E-state index in [1.54, 1.807) is 6.92 Å². The summed E-state index contributed by atoms with van der Waals surface area (Å²) in [5, 5.41) is 6.60. The van der Waals surface area contributed by atoms with Gasteiger partial charge in [-0.15, -0.1) is 0 Å². The van der Waals surface area contributed by atoms with Gasteiger partial charge in [0.1, 0.15) is 11.4 Å². The summed E-state index contributed by atoms with van der Waals surface area (Å²) in [7, 11) is 0. The summed E-state index contributed by atoms with van der Waals surface area (Å²) in [4.78, 5) is 35.3. The summed E-state index contributed by atoms with van der Waals surface area (Å²) in [5.41, 5.74) is 1.34. The fraction of sp³-hybridized carbons (Fsp3) is 0.278. The van der Waals surface area contributed by atoms with E-state index in [0.717, 1.165) is 24.0 Å². The van der Waals surface area contributed by atoms with Crippen molar-refractivity contribution in [2.24, 2.45) is 0 Å². The second-order valence-electron chi connectivity index (χ2n) is 6.30. The van der Waals surface area contributed by atoms with Gasteiger partial charge in [-0.3, -0.25) is 9.59 Å². The van der Waals surface area contributed by atoms with Gasteiger partial charge in [0, 0.05) is 31.1 Å². The Hall–Kier alpha value is -3.29. The van der Waals surface area contributed by atoms with E-state index in [-0.39, 0.29) is 5.56 Å². The van der Waals surface area contributed by atoms with Crippen LogP contribution in [0.3, 0.4) is 0 Å². The highest BCUT2D eigenvalue weighted by atomic mass is 16.5. The maximum Gasteiger partial charge on any atom is 0.263 e. The summed E-state index contributed by atoms with van der Waals surface area (Å²) in [5.74, 6) is 1.58. The van der Waals surface area contributed by atoms with Crippen molar-refractivity contribution in [3.63, 3.8) is 0 Å². The molecule has 0 atom stereocenters. The molecule has 2 N–H and O–H groups in total. The van der Waals surface area contributed by atoms with Crippen LogP contribution in [0.2, 0.25) is 0 Å². The van der Waals surface area contributed by atoms with Crippen molar-refractivity contribution in [2.45, 2.75) is 32.2 Å². The largest absolute Gasteiger partial charge is 0.348 e. The number of carbonyl (C=O) groups is 1. The molecule has 1 aliphatic rings. The predicted octanol–water partition coefficient (Wildman–Crippen LogP) is 1.94. The molecular formula is C18H17N5O3. The predicted molar refractivity (Wildman–Crippen MR) is 92.5 cm³/mol. The fourth-order valence-electron chi connectivity index (χ4n) is 2.60. The van der Waals surface area contributed by atoms with Crippen LogP contribution in [-0.2, 0) is 6.54 Å². The molecule has 2 aromatic heterocycles. The van der Waals surface area contributed by atoms with Crippen LogP contribution in [0.25, 0.3) is 11.4 Å². The molecule has 0 radical (unpaired) electrons. The number of hydrogen-bond acceptors (Lipinski definition) is 6. The second kappa shape index (κ2) is 6.55. The van der Waals surface area contributed by atoms with Gasteiger partial charge in [0.05, 0.1) is 0 Å². The van der Waals surface area contributed by atoms with Gasteiger partial charge in [-0.25, -0.2) is 4.98 Å². The minimum absolute atomic E-state index is 0.0216. The standard InChI is InChI=1S/C18H17N5O3/c1-10-21-16(23-26-10)13-4-2-11(3-5-13)8-20-17(24)14-9-19-15(12-6-7-12)22-18(14)25/h2-5,9,12H,6-8H2,1H3,(H,20,24)(H,19,22,25). The van der Waals surface area contributed by atoms with Crippen LogP contribution in [0.1, 0.15) is 46.4 Å². The van der Waals surface area contributed by atoms with Crippen molar-refractivity contribution in [1.29, 1.82) is 0 Å². The Morgan fingerprint density at radius 1 is 1.31 bits per heavy atom. The van der Waals surface area contributed by atoms with Gasteiger partial charge in [0.2, 0.25) is 11.7 Å². The zero-order valence-corrected chi connectivity index (χ0v) is 14.2. The molecule has 8 nitrogen and oxygen atoms in total. The molecule has 1 amide bonds. The van der Waals surface area contributed by atoms with E-state index in [1.165, 1.54) is 6.20 Å². The quantitative estimate of drug-likeness (QED) is 0.726.